The number of nitrogens with zero attached hydrogens (tertiary/aromatic N) is 2. The van der Waals surface area contributed by atoms with Crippen LogP contribution in [0.15, 0.2) is 60.0 Å². The second-order valence-electron chi connectivity index (χ2n) is 7.20. The van der Waals surface area contributed by atoms with Gasteiger partial charge in [0.2, 0.25) is 5.91 Å². The van der Waals surface area contributed by atoms with Crippen molar-refractivity contribution < 1.29 is 9.59 Å². The van der Waals surface area contributed by atoms with Crippen LogP contribution < -0.4 is 5.32 Å². The number of fused-ring (bicyclic) bond motifs is 2. The van der Waals surface area contributed by atoms with Crippen molar-refractivity contribution in [1.29, 1.82) is 0 Å². The largest absolute Gasteiger partial charge is 0.337 e. The first-order valence-corrected chi connectivity index (χ1v) is 11.4. The molecule has 30 heavy (non-hydrogen) atoms. The molecular formula is C23H19N3O2S2. The number of thiazole rings is 1. The second kappa shape index (κ2) is 8.01. The number of carbonyl (C=O) groups is 2. The summed E-state index contributed by atoms with van der Waals surface area (Å²) in [5.74, 6) is -0.0189. The molecule has 7 heteroatoms. The first-order valence-electron chi connectivity index (χ1n) is 9.75. The number of amides is 2. The van der Waals surface area contributed by atoms with Crippen LogP contribution in [0.25, 0.3) is 10.8 Å². The van der Waals surface area contributed by atoms with Crippen LogP contribution in [-0.2, 0) is 24.2 Å². The molecule has 0 fully saturated rings. The number of anilines is 1. The van der Waals surface area contributed by atoms with Crippen molar-refractivity contribution >= 4 is 50.4 Å². The summed E-state index contributed by atoms with van der Waals surface area (Å²) in [4.78, 5) is 33.5. The third-order valence-electron chi connectivity index (χ3n) is 5.27. The van der Waals surface area contributed by atoms with Gasteiger partial charge in [-0.2, -0.15) is 0 Å². The Morgan fingerprint density at radius 3 is 2.80 bits per heavy atom. The fourth-order valence-electron chi connectivity index (χ4n) is 3.75. The van der Waals surface area contributed by atoms with E-state index in [0.717, 1.165) is 26.9 Å². The van der Waals surface area contributed by atoms with E-state index in [-0.39, 0.29) is 11.8 Å². The molecule has 0 saturated carbocycles. The van der Waals surface area contributed by atoms with E-state index in [9.17, 15) is 9.59 Å². The van der Waals surface area contributed by atoms with E-state index >= 15 is 0 Å². The van der Waals surface area contributed by atoms with E-state index in [0.29, 0.717) is 35.9 Å². The molecule has 0 unspecified atom stereocenters. The first kappa shape index (κ1) is 19.0. The van der Waals surface area contributed by atoms with E-state index in [4.69, 9.17) is 0 Å². The molecule has 5 rings (SSSR count). The van der Waals surface area contributed by atoms with Gasteiger partial charge < -0.3 is 4.90 Å². The highest BCUT2D eigenvalue weighted by Gasteiger charge is 2.25. The lowest BCUT2D eigenvalue weighted by Crippen LogP contribution is -2.36. The molecule has 4 aromatic rings. The number of aromatic nitrogens is 1. The molecule has 2 aromatic carbocycles. The summed E-state index contributed by atoms with van der Waals surface area (Å²) < 4.78 is 0. The highest BCUT2D eigenvalue weighted by Crippen LogP contribution is 2.29. The van der Waals surface area contributed by atoms with Crippen molar-refractivity contribution in [2.45, 2.75) is 19.4 Å². The topological polar surface area (TPSA) is 62.3 Å². The van der Waals surface area contributed by atoms with Gasteiger partial charge in [0.05, 0.1) is 23.5 Å². The van der Waals surface area contributed by atoms with Crippen LogP contribution in [-0.4, -0.2) is 28.2 Å². The minimum Gasteiger partial charge on any atom is -0.337 e. The molecule has 0 spiro atoms. The predicted molar refractivity (Wildman–Crippen MR) is 121 cm³/mol. The first-order chi connectivity index (χ1) is 14.7. The van der Waals surface area contributed by atoms with E-state index < -0.39 is 0 Å². The Morgan fingerprint density at radius 2 is 1.93 bits per heavy atom. The van der Waals surface area contributed by atoms with Gasteiger partial charge in [0, 0.05) is 17.8 Å². The summed E-state index contributed by atoms with van der Waals surface area (Å²) in [6, 6.07) is 17.9. The van der Waals surface area contributed by atoms with Crippen molar-refractivity contribution in [3.8, 4) is 0 Å². The Morgan fingerprint density at radius 1 is 1.07 bits per heavy atom. The zero-order valence-corrected chi connectivity index (χ0v) is 17.8. The molecule has 0 bridgehead atoms. The lowest BCUT2D eigenvalue weighted by molar-refractivity contribution is -0.131. The zero-order valence-electron chi connectivity index (χ0n) is 16.1. The fraction of sp³-hybridized carbons (Fsp3) is 0.174. The standard InChI is InChI=1S/C23H19N3O2S2/c27-21(13-16-7-3-6-15-5-1-2-8-17(15)16)26-11-10-18-20(14-26)30-23(24-18)25-22(28)19-9-4-12-29-19/h1-9,12H,10-11,13-14H2,(H,24,25,28). The smallest absolute Gasteiger partial charge is 0.267 e. The molecule has 1 aliphatic rings. The maximum atomic E-state index is 13.0. The summed E-state index contributed by atoms with van der Waals surface area (Å²) in [5, 5.41) is 7.63. The molecular weight excluding hydrogens is 414 g/mol. The number of benzene rings is 2. The van der Waals surface area contributed by atoms with Gasteiger partial charge in [-0.25, -0.2) is 4.98 Å². The van der Waals surface area contributed by atoms with Gasteiger partial charge >= 0.3 is 0 Å². The van der Waals surface area contributed by atoms with E-state index in [1.807, 2.05) is 40.6 Å². The summed E-state index contributed by atoms with van der Waals surface area (Å²) in [5.41, 5.74) is 2.03. The fourth-order valence-corrected chi connectivity index (χ4v) is 5.39. The van der Waals surface area contributed by atoms with E-state index in [2.05, 4.69) is 28.5 Å². The van der Waals surface area contributed by atoms with Crippen LogP contribution in [0.2, 0.25) is 0 Å². The van der Waals surface area contributed by atoms with Crippen LogP contribution in [0.5, 0.6) is 0 Å². The maximum absolute atomic E-state index is 13.0. The lowest BCUT2D eigenvalue weighted by atomic mass is 10.0. The zero-order chi connectivity index (χ0) is 20.5. The summed E-state index contributed by atoms with van der Waals surface area (Å²) in [6.45, 7) is 1.20. The van der Waals surface area contributed by atoms with Crippen LogP contribution >= 0.6 is 22.7 Å². The van der Waals surface area contributed by atoms with Gasteiger partial charge in [-0.15, -0.1) is 11.3 Å². The van der Waals surface area contributed by atoms with Gasteiger partial charge in [0.25, 0.3) is 5.91 Å². The van der Waals surface area contributed by atoms with Crippen LogP contribution in [0.1, 0.15) is 25.8 Å². The third-order valence-corrected chi connectivity index (χ3v) is 7.14. The van der Waals surface area contributed by atoms with E-state index in [1.165, 1.54) is 22.7 Å². The number of rotatable bonds is 4. The highest BCUT2D eigenvalue weighted by molar-refractivity contribution is 7.16. The number of thiophene rings is 1. The highest BCUT2D eigenvalue weighted by atomic mass is 32.1. The quantitative estimate of drug-likeness (QED) is 0.506. The number of carbonyl (C=O) groups excluding carboxylic acids is 2. The van der Waals surface area contributed by atoms with Crippen LogP contribution in [0.3, 0.4) is 0 Å². The monoisotopic (exact) mass is 433 g/mol. The van der Waals surface area contributed by atoms with Crippen LogP contribution in [0, 0.1) is 0 Å². The average Bonchev–Trinajstić information content (AvgIpc) is 3.43. The van der Waals surface area contributed by atoms with Gasteiger partial charge in [-0.05, 0) is 27.8 Å². The van der Waals surface area contributed by atoms with Gasteiger partial charge in [-0.3, -0.25) is 14.9 Å². The summed E-state index contributed by atoms with van der Waals surface area (Å²) in [6.07, 6.45) is 1.10. The molecule has 3 heterocycles. The van der Waals surface area contributed by atoms with E-state index in [1.54, 1.807) is 6.07 Å². The molecule has 0 atom stereocenters. The minimum absolute atomic E-state index is 0.120. The van der Waals surface area contributed by atoms with Crippen molar-refractivity contribution in [3.63, 3.8) is 0 Å². The minimum atomic E-state index is -0.139. The molecule has 0 radical (unpaired) electrons. The Hall–Kier alpha value is -3.03. The SMILES string of the molecule is O=C(Nc1nc2c(s1)CN(C(=O)Cc1cccc3ccccc13)CC2)c1cccs1. The summed E-state index contributed by atoms with van der Waals surface area (Å²) in [7, 11) is 0. The number of hydrogen-bond donors (Lipinski definition) is 1. The lowest BCUT2D eigenvalue weighted by Gasteiger charge is -2.26. The predicted octanol–water partition coefficient (Wildman–Crippen LogP) is 4.74. The Bertz CT molecular complexity index is 1230. The molecule has 0 aliphatic carbocycles. The number of nitrogens with one attached hydrogen (secondary N) is 1. The molecule has 150 valence electrons. The Labute approximate surface area is 182 Å². The third kappa shape index (κ3) is 3.74. The second-order valence-corrected chi connectivity index (χ2v) is 9.23. The molecule has 0 saturated heterocycles. The maximum Gasteiger partial charge on any atom is 0.267 e. The van der Waals surface area contributed by atoms with Crippen LogP contribution in [0.4, 0.5) is 5.13 Å². The van der Waals surface area contributed by atoms with Crippen molar-refractivity contribution in [2.75, 3.05) is 11.9 Å². The molecule has 5 nitrogen and oxygen atoms in total. The van der Waals surface area contributed by atoms with Crippen molar-refractivity contribution in [3.05, 3.63) is 81.0 Å². The molecule has 2 amide bonds. The van der Waals surface area contributed by atoms with Crippen molar-refractivity contribution in [1.82, 2.24) is 9.88 Å². The number of hydrogen-bond acceptors (Lipinski definition) is 5. The van der Waals surface area contributed by atoms with Crippen molar-refractivity contribution in [2.24, 2.45) is 0 Å². The summed E-state index contributed by atoms with van der Waals surface area (Å²) >= 11 is 2.86. The molecule has 2 aromatic heterocycles. The van der Waals surface area contributed by atoms with Gasteiger partial charge in [-0.1, -0.05) is 59.9 Å². The normalized spacial score (nSPS) is 13.3. The Balaban J connectivity index is 1.29. The van der Waals surface area contributed by atoms with Gasteiger partial charge in [0.1, 0.15) is 0 Å². The molecule has 1 N–H and O–H groups in total. The molecule has 1 aliphatic heterocycles. The van der Waals surface area contributed by atoms with Gasteiger partial charge in [0.15, 0.2) is 5.13 Å². The average molecular weight is 434 g/mol. The Kier molecular flexibility index (Phi) is 5.06.